The normalized spacial score (nSPS) is 13.8. The van der Waals surface area contributed by atoms with Crippen molar-refractivity contribution in [3.05, 3.63) is 179 Å². The second kappa shape index (κ2) is 23.8. The Kier molecular flexibility index (Phi) is 16.2. The van der Waals surface area contributed by atoms with Gasteiger partial charge in [-0.05, 0) is 180 Å². The predicted octanol–water partition coefficient (Wildman–Crippen LogP) is 25.0. The molecule has 0 N–H and O–H groups in total. The van der Waals surface area contributed by atoms with Gasteiger partial charge < -0.3 is 0 Å². The summed E-state index contributed by atoms with van der Waals surface area (Å²) in [6, 6.07) is 58.2. The van der Waals surface area contributed by atoms with Gasteiger partial charge in [0.2, 0.25) is 0 Å². The lowest BCUT2D eigenvalue weighted by molar-refractivity contribution is 0.401. The smallest absolute Gasteiger partial charge is 0.0442 e. The number of rotatable bonds is 25. The Morgan fingerprint density at radius 2 is 0.744 bits per heavy atom. The van der Waals surface area contributed by atoms with Gasteiger partial charge in [0.25, 0.3) is 0 Å². The average Bonchev–Trinajstić information content (AvgIpc) is 4.55. The van der Waals surface area contributed by atoms with E-state index in [0.29, 0.717) is 0 Å². The fourth-order valence-electron chi connectivity index (χ4n) is 14.1. The molecule has 10 aromatic rings. The van der Waals surface area contributed by atoms with Crippen molar-refractivity contribution >= 4 is 66.2 Å². The van der Waals surface area contributed by atoms with E-state index in [0.717, 1.165) is 0 Å². The molecule has 6 aromatic carbocycles. The zero-order valence-corrected chi connectivity index (χ0v) is 50.1. The van der Waals surface area contributed by atoms with Gasteiger partial charge in [-0.1, -0.05) is 215 Å². The molecule has 0 unspecified atom stereocenters. The predicted molar refractivity (Wildman–Crippen MR) is 348 cm³/mol. The molecular formula is C74H78S4. The second-order valence-corrected chi connectivity index (χ2v) is 27.1. The summed E-state index contributed by atoms with van der Waals surface area (Å²) in [5.74, 6) is 0. The lowest BCUT2D eigenvalue weighted by Crippen LogP contribution is -2.25. The van der Waals surface area contributed by atoms with Gasteiger partial charge in [-0.3, -0.25) is 0 Å². The number of hydrogen-bond acceptors (Lipinski definition) is 4. The molecule has 12 rings (SSSR count). The first-order valence-electron chi connectivity index (χ1n) is 30.2. The summed E-state index contributed by atoms with van der Waals surface area (Å²) in [4.78, 5) is 6.84. The number of hydrogen-bond donors (Lipinski definition) is 0. The molecule has 2 aliphatic carbocycles. The van der Waals surface area contributed by atoms with Gasteiger partial charge in [0.05, 0.1) is 0 Å². The van der Waals surface area contributed by atoms with E-state index in [1.165, 1.54) is 224 Å². The third kappa shape index (κ3) is 10.0. The largest absolute Gasteiger partial charge is 0.144 e. The lowest BCUT2D eigenvalue weighted by atomic mass is 9.70. The van der Waals surface area contributed by atoms with Crippen LogP contribution in [0.3, 0.4) is 0 Å². The first-order chi connectivity index (χ1) is 38.5. The Morgan fingerprint density at radius 1 is 0.321 bits per heavy atom. The van der Waals surface area contributed by atoms with Gasteiger partial charge in [0, 0.05) is 45.5 Å². The highest BCUT2D eigenvalue weighted by Crippen LogP contribution is 2.59. The number of thiophene rings is 4. The molecule has 4 heteroatoms. The third-order valence-electron chi connectivity index (χ3n) is 18.1. The summed E-state index contributed by atoms with van der Waals surface area (Å²) in [5, 5.41) is 8.47. The zero-order valence-electron chi connectivity index (χ0n) is 46.8. The van der Waals surface area contributed by atoms with Gasteiger partial charge >= 0.3 is 0 Å². The molecule has 4 heterocycles. The molecule has 398 valence electrons. The van der Waals surface area contributed by atoms with E-state index in [4.69, 9.17) is 0 Å². The SMILES string of the molecule is CCCCCCC1(CCCCCC)c2cc(-c3cccs3)ccc2-c2ccc(-c3ccc(-c4c5ccccc5cc5cc(-c6ccc7c(c6)C(CCCCCC)(CCCCCC)c6cc(-c8cccs8)ccc6-7)sc45)s3)cc21. The molecule has 0 radical (unpaired) electrons. The number of benzene rings is 6. The molecule has 0 spiro atoms. The van der Waals surface area contributed by atoms with Crippen molar-refractivity contribution in [3.8, 4) is 74.5 Å². The van der Waals surface area contributed by atoms with E-state index in [1.807, 2.05) is 45.3 Å². The van der Waals surface area contributed by atoms with Crippen LogP contribution in [0.5, 0.6) is 0 Å². The Balaban J connectivity index is 0.944. The standard InChI is InChI=1S/C74H78S4/c1-5-9-13-19-39-73(40-20-14-10-6-2)62-46-52(66-27-23-43-75-66)29-33-58(62)60-35-31-54(48-64(60)73)68-37-38-69(77-68)71-57-26-18-17-25-51(57)45-56-50-70(78-72(56)71)55-32-36-61-59-34-30-53(67-28-24-44-76-67)47-63(59)74(65(61)49-55,41-21-15-11-7-3)42-22-16-12-8-4/h17-18,23-38,43-50H,5-16,19-22,39-42H2,1-4H3. The maximum absolute atomic E-state index is 2.66. The fraction of sp³-hybridized carbons (Fsp3) is 0.351. The highest BCUT2D eigenvalue weighted by atomic mass is 32.1. The van der Waals surface area contributed by atoms with Crippen molar-refractivity contribution in [1.29, 1.82) is 0 Å². The first kappa shape index (κ1) is 53.3. The molecular weight excluding hydrogens is 1020 g/mol. The average molecular weight is 1100 g/mol. The van der Waals surface area contributed by atoms with Crippen LogP contribution in [0.2, 0.25) is 0 Å². The second-order valence-electron chi connectivity index (χ2n) is 23.1. The molecule has 0 nitrogen and oxygen atoms in total. The van der Waals surface area contributed by atoms with Crippen LogP contribution in [0.1, 0.15) is 178 Å². The first-order valence-corrected chi connectivity index (χ1v) is 33.6. The molecule has 4 aromatic heterocycles. The molecule has 0 bridgehead atoms. The summed E-state index contributed by atoms with van der Waals surface area (Å²) in [6.45, 7) is 9.39. The van der Waals surface area contributed by atoms with Gasteiger partial charge in [-0.15, -0.1) is 45.3 Å². The lowest BCUT2D eigenvalue weighted by Gasteiger charge is -2.33. The van der Waals surface area contributed by atoms with Crippen LogP contribution in [-0.2, 0) is 10.8 Å². The molecule has 0 saturated heterocycles. The van der Waals surface area contributed by atoms with Crippen molar-refractivity contribution in [2.45, 2.75) is 167 Å². The summed E-state index contributed by atoms with van der Waals surface area (Å²) in [5.41, 5.74) is 19.0. The Bertz CT molecular complexity index is 3630. The minimum Gasteiger partial charge on any atom is -0.144 e. The van der Waals surface area contributed by atoms with Crippen LogP contribution in [0.25, 0.3) is 95.3 Å². The van der Waals surface area contributed by atoms with E-state index in [2.05, 4.69) is 184 Å². The summed E-state index contributed by atoms with van der Waals surface area (Å²) in [7, 11) is 0. The third-order valence-corrected chi connectivity index (χ3v) is 22.3. The van der Waals surface area contributed by atoms with Crippen molar-refractivity contribution in [3.63, 3.8) is 0 Å². The molecule has 78 heavy (non-hydrogen) atoms. The van der Waals surface area contributed by atoms with E-state index in [-0.39, 0.29) is 10.8 Å². The Hall–Kier alpha value is -5.36. The van der Waals surface area contributed by atoms with Crippen molar-refractivity contribution in [2.75, 3.05) is 0 Å². The van der Waals surface area contributed by atoms with Crippen LogP contribution in [0.4, 0.5) is 0 Å². The summed E-state index contributed by atoms with van der Waals surface area (Å²) >= 11 is 7.74. The Morgan fingerprint density at radius 3 is 1.18 bits per heavy atom. The molecule has 0 saturated carbocycles. The van der Waals surface area contributed by atoms with Gasteiger partial charge in [-0.2, -0.15) is 0 Å². The van der Waals surface area contributed by atoms with E-state index in [9.17, 15) is 0 Å². The maximum Gasteiger partial charge on any atom is 0.0442 e. The zero-order chi connectivity index (χ0) is 53.1. The number of unbranched alkanes of at least 4 members (excludes halogenated alkanes) is 12. The van der Waals surface area contributed by atoms with E-state index >= 15 is 0 Å². The van der Waals surface area contributed by atoms with E-state index < -0.39 is 0 Å². The molecule has 2 aliphatic rings. The maximum atomic E-state index is 2.66. The van der Waals surface area contributed by atoms with Gasteiger partial charge in [0.15, 0.2) is 0 Å². The number of fused-ring (bicyclic) bond motifs is 8. The topological polar surface area (TPSA) is 0 Å². The van der Waals surface area contributed by atoms with Crippen LogP contribution >= 0.6 is 45.3 Å². The van der Waals surface area contributed by atoms with Crippen LogP contribution < -0.4 is 0 Å². The monoisotopic (exact) mass is 1090 g/mol. The minimum atomic E-state index is 0.0104. The fourth-order valence-corrected chi connectivity index (χ4v) is 17.9. The van der Waals surface area contributed by atoms with Crippen molar-refractivity contribution in [2.24, 2.45) is 0 Å². The van der Waals surface area contributed by atoms with Crippen LogP contribution in [0, 0.1) is 0 Å². The molecule has 0 amide bonds. The summed E-state index contributed by atoms with van der Waals surface area (Å²) in [6.07, 6.45) is 25.4. The van der Waals surface area contributed by atoms with Crippen molar-refractivity contribution < 1.29 is 0 Å². The minimum absolute atomic E-state index is 0.0104. The van der Waals surface area contributed by atoms with Crippen molar-refractivity contribution in [1.82, 2.24) is 0 Å². The van der Waals surface area contributed by atoms with Crippen LogP contribution in [-0.4, -0.2) is 0 Å². The van der Waals surface area contributed by atoms with Gasteiger partial charge in [0.1, 0.15) is 0 Å². The molecule has 0 atom stereocenters. The quantitative estimate of drug-likeness (QED) is 0.0501. The van der Waals surface area contributed by atoms with E-state index in [1.54, 1.807) is 22.3 Å². The highest BCUT2D eigenvalue weighted by molar-refractivity contribution is 7.24. The molecule has 0 aliphatic heterocycles. The van der Waals surface area contributed by atoms with Crippen LogP contribution in [0.15, 0.2) is 156 Å². The molecule has 0 fully saturated rings. The van der Waals surface area contributed by atoms with Gasteiger partial charge in [-0.25, -0.2) is 0 Å². The highest BCUT2D eigenvalue weighted by Gasteiger charge is 2.44. The summed E-state index contributed by atoms with van der Waals surface area (Å²) < 4.78 is 1.40. The Labute approximate surface area is 482 Å².